The molecule has 0 spiro atoms. The van der Waals surface area contributed by atoms with Crippen LogP contribution in [0.1, 0.15) is 61.6 Å². The van der Waals surface area contributed by atoms with Gasteiger partial charge >= 0.3 is 0 Å². The smallest absolute Gasteiger partial charge is 0.261 e. The number of nitrogens with one attached hydrogen (secondary N) is 2. The van der Waals surface area contributed by atoms with E-state index in [1.165, 1.54) is 11.3 Å². The summed E-state index contributed by atoms with van der Waals surface area (Å²) in [5.41, 5.74) is 4.49. The number of ether oxygens (including phenoxy) is 1. The van der Waals surface area contributed by atoms with Crippen molar-refractivity contribution in [1.29, 1.82) is 0 Å². The molecule has 10 heteroatoms. The maximum absolute atomic E-state index is 13.9. The van der Waals surface area contributed by atoms with Gasteiger partial charge in [0.15, 0.2) is 0 Å². The summed E-state index contributed by atoms with van der Waals surface area (Å²) in [6, 6.07) is 20.9. The molecule has 0 bridgehead atoms. The summed E-state index contributed by atoms with van der Waals surface area (Å²) in [7, 11) is 1.69. The van der Waals surface area contributed by atoms with Crippen LogP contribution in [0.3, 0.4) is 0 Å². The van der Waals surface area contributed by atoms with Gasteiger partial charge in [-0.3, -0.25) is 14.4 Å². The van der Waals surface area contributed by atoms with Crippen LogP contribution in [0.4, 0.5) is 17.2 Å². The molecular formula is C35H35N5O4S. The molecule has 4 heterocycles. The van der Waals surface area contributed by atoms with Crippen molar-refractivity contribution in [3.8, 4) is 10.4 Å². The highest BCUT2D eigenvalue weighted by atomic mass is 32.1. The number of aromatic nitrogens is 1. The molecule has 2 aromatic carbocycles. The minimum absolute atomic E-state index is 0.0146. The van der Waals surface area contributed by atoms with Crippen LogP contribution in [-0.2, 0) is 11.2 Å². The molecule has 45 heavy (non-hydrogen) atoms. The molecule has 0 radical (unpaired) electrons. The maximum atomic E-state index is 13.9. The first-order chi connectivity index (χ1) is 22.0. The maximum Gasteiger partial charge on any atom is 0.261 e. The van der Waals surface area contributed by atoms with Crippen molar-refractivity contribution in [2.24, 2.45) is 0 Å². The van der Waals surface area contributed by atoms with Crippen LogP contribution in [0.5, 0.6) is 0 Å². The molecule has 2 N–H and O–H groups in total. The van der Waals surface area contributed by atoms with E-state index in [-0.39, 0.29) is 23.8 Å². The second-order valence-corrected chi connectivity index (χ2v) is 12.8. The van der Waals surface area contributed by atoms with Crippen LogP contribution in [0.25, 0.3) is 10.4 Å². The number of hydrogen-bond acceptors (Lipinski definition) is 7. The van der Waals surface area contributed by atoms with Gasteiger partial charge in [0.2, 0.25) is 0 Å². The van der Waals surface area contributed by atoms with Gasteiger partial charge in [-0.1, -0.05) is 18.2 Å². The van der Waals surface area contributed by atoms with Gasteiger partial charge in [-0.2, -0.15) is 0 Å². The molecule has 2 aliphatic heterocycles. The Morgan fingerprint density at radius 3 is 2.60 bits per heavy atom. The van der Waals surface area contributed by atoms with Crippen LogP contribution in [0, 0.1) is 0 Å². The lowest BCUT2D eigenvalue weighted by Gasteiger charge is -2.26. The van der Waals surface area contributed by atoms with E-state index in [1.54, 1.807) is 49.7 Å². The van der Waals surface area contributed by atoms with E-state index >= 15 is 0 Å². The zero-order valence-electron chi connectivity index (χ0n) is 25.1. The van der Waals surface area contributed by atoms with Crippen LogP contribution in [0.15, 0.2) is 72.9 Å². The van der Waals surface area contributed by atoms with Crippen molar-refractivity contribution in [1.82, 2.24) is 10.3 Å². The van der Waals surface area contributed by atoms with Gasteiger partial charge < -0.3 is 25.2 Å². The average Bonchev–Trinajstić information content (AvgIpc) is 3.63. The molecule has 2 aromatic heterocycles. The highest BCUT2D eigenvalue weighted by Crippen LogP contribution is 2.42. The number of anilines is 3. The Labute approximate surface area is 266 Å². The van der Waals surface area contributed by atoms with Crippen molar-refractivity contribution >= 4 is 46.3 Å². The Morgan fingerprint density at radius 1 is 0.978 bits per heavy atom. The number of rotatable bonds is 8. The van der Waals surface area contributed by atoms with Gasteiger partial charge in [0.25, 0.3) is 17.7 Å². The lowest BCUT2D eigenvalue weighted by molar-refractivity contribution is 0.0952. The predicted molar refractivity (Wildman–Crippen MR) is 176 cm³/mol. The zero-order valence-corrected chi connectivity index (χ0v) is 25.9. The zero-order chi connectivity index (χ0) is 30.9. The number of carbonyl (C=O) groups excluding carboxylic acids is 3. The van der Waals surface area contributed by atoms with Crippen LogP contribution < -0.4 is 20.4 Å². The molecule has 3 amide bonds. The molecule has 4 aromatic rings. The highest BCUT2D eigenvalue weighted by molar-refractivity contribution is 7.17. The first-order valence-corrected chi connectivity index (χ1v) is 16.3. The molecule has 1 aliphatic carbocycles. The number of pyridine rings is 1. The standard InChI is InChI=1S/C35H35N5O4S/c1-44-21-26-6-5-18-39(26)32-28(8-4-17-36-32)33(41)37-24-12-10-22(11-13-24)35(43)40-19-16-23-20-30(34(42)38-25-14-15-25)45-31(23)27-7-2-3-9-29(27)40/h2-4,7-13,17,20,25-26H,5-6,14-16,18-19,21H2,1H3,(H,37,41)(H,38,42)/t26-/m0/s1. The molecule has 230 valence electrons. The van der Waals surface area contributed by atoms with E-state index in [0.29, 0.717) is 53.1 Å². The van der Waals surface area contributed by atoms with E-state index in [4.69, 9.17) is 4.74 Å². The third-order valence-corrected chi connectivity index (χ3v) is 9.87. The lowest BCUT2D eigenvalue weighted by atomic mass is 10.1. The Bertz CT molecular complexity index is 1750. The van der Waals surface area contributed by atoms with E-state index in [0.717, 1.165) is 53.9 Å². The second kappa shape index (κ2) is 12.5. The number of benzene rings is 2. The Kier molecular flexibility index (Phi) is 8.08. The van der Waals surface area contributed by atoms with E-state index in [2.05, 4.69) is 20.5 Å². The molecule has 1 atom stereocenters. The molecule has 9 nitrogen and oxygen atoms in total. The fraction of sp³-hybridized carbons (Fsp3) is 0.314. The van der Waals surface area contributed by atoms with Gasteiger partial charge in [-0.25, -0.2) is 4.98 Å². The topological polar surface area (TPSA) is 104 Å². The van der Waals surface area contributed by atoms with Gasteiger partial charge in [-0.05, 0) is 86.2 Å². The summed E-state index contributed by atoms with van der Waals surface area (Å²) in [6.45, 7) is 1.90. The highest BCUT2D eigenvalue weighted by Gasteiger charge is 2.31. The van der Waals surface area contributed by atoms with Gasteiger partial charge in [0, 0.05) is 54.1 Å². The normalized spacial score (nSPS) is 17.3. The number of methoxy groups -OCH3 is 1. The summed E-state index contributed by atoms with van der Waals surface area (Å²) in [5, 5.41) is 6.07. The van der Waals surface area contributed by atoms with Crippen molar-refractivity contribution in [2.75, 3.05) is 41.9 Å². The minimum atomic E-state index is -0.252. The van der Waals surface area contributed by atoms with Crippen LogP contribution >= 0.6 is 11.3 Å². The summed E-state index contributed by atoms with van der Waals surface area (Å²) >= 11 is 1.49. The van der Waals surface area contributed by atoms with Crippen LogP contribution in [-0.4, -0.2) is 61.6 Å². The summed E-state index contributed by atoms with van der Waals surface area (Å²) in [4.78, 5) is 50.3. The Hall–Kier alpha value is -4.54. The quantitative estimate of drug-likeness (QED) is 0.259. The van der Waals surface area contributed by atoms with E-state index in [9.17, 15) is 14.4 Å². The van der Waals surface area contributed by atoms with Crippen molar-refractivity contribution in [2.45, 2.75) is 44.2 Å². The second-order valence-electron chi connectivity index (χ2n) is 11.8. The van der Waals surface area contributed by atoms with Crippen LogP contribution in [0.2, 0.25) is 0 Å². The van der Waals surface area contributed by atoms with Gasteiger partial charge in [0.1, 0.15) is 5.82 Å². The SMILES string of the molecule is COC[C@@H]1CCCN1c1ncccc1C(=O)Nc1ccc(C(=O)N2CCc3cc(C(=O)NC4CC4)sc3-c3ccccc32)cc1. The number of nitrogens with zero attached hydrogens (tertiary/aromatic N) is 3. The van der Waals surface area contributed by atoms with E-state index < -0.39 is 0 Å². The molecule has 0 unspecified atom stereocenters. The summed E-state index contributed by atoms with van der Waals surface area (Å²) in [6.07, 6.45) is 6.46. The molecule has 2 fully saturated rings. The monoisotopic (exact) mass is 621 g/mol. The number of amides is 3. The summed E-state index contributed by atoms with van der Waals surface area (Å²) < 4.78 is 5.40. The Balaban J connectivity index is 1.08. The number of carbonyl (C=O) groups is 3. The van der Waals surface area contributed by atoms with Crippen molar-refractivity contribution < 1.29 is 19.1 Å². The molecule has 3 aliphatic rings. The van der Waals surface area contributed by atoms with Gasteiger partial charge in [-0.15, -0.1) is 11.3 Å². The number of hydrogen-bond donors (Lipinski definition) is 2. The van der Waals surface area contributed by atoms with E-state index in [1.807, 2.05) is 35.2 Å². The largest absolute Gasteiger partial charge is 0.383 e. The summed E-state index contributed by atoms with van der Waals surface area (Å²) in [5.74, 6) is 0.276. The van der Waals surface area contributed by atoms with Crippen molar-refractivity contribution in [3.63, 3.8) is 0 Å². The fourth-order valence-corrected chi connectivity index (χ4v) is 7.38. The third kappa shape index (κ3) is 5.95. The number of para-hydroxylation sites is 1. The van der Waals surface area contributed by atoms with Crippen molar-refractivity contribution in [3.05, 3.63) is 94.5 Å². The lowest BCUT2D eigenvalue weighted by Crippen LogP contribution is -2.35. The molecule has 1 saturated heterocycles. The molecule has 1 saturated carbocycles. The molecule has 7 rings (SSSR count). The fourth-order valence-electron chi connectivity index (χ4n) is 6.24. The van der Waals surface area contributed by atoms with Gasteiger partial charge in [0.05, 0.1) is 28.8 Å². The average molecular weight is 622 g/mol. The minimum Gasteiger partial charge on any atom is -0.383 e. The first kappa shape index (κ1) is 29.2. The first-order valence-electron chi connectivity index (χ1n) is 15.5. The Morgan fingerprint density at radius 2 is 1.80 bits per heavy atom. The number of thiophene rings is 1. The number of fused-ring (bicyclic) bond motifs is 3. The third-order valence-electron chi connectivity index (χ3n) is 8.66. The predicted octanol–water partition coefficient (Wildman–Crippen LogP) is 5.77. The molecular weight excluding hydrogens is 586 g/mol.